The lowest BCUT2D eigenvalue weighted by atomic mass is 10.2. The molecule has 0 aromatic carbocycles. The van der Waals surface area contributed by atoms with Crippen LogP contribution in [0.4, 0.5) is 5.69 Å². The standard InChI is InChI=1S/C9H14N2OS/c1-7(5-12)6-13-9-8(10)3-2-4-11-9/h2-4,7,12H,5-6,10H2,1H3. The number of nitrogen functional groups attached to an aromatic ring is 1. The Morgan fingerprint density at radius 1 is 1.69 bits per heavy atom. The number of pyridine rings is 1. The van der Waals surface area contributed by atoms with Crippen molar-refractivity contribution in [3.63, 3.8) is 0 Å². The van der Waals surface area contributed by atoms with Crippen LogP contribution < -0.4 is 5.73 Å². The zero-order valence-corrected chi connectivity index (χ0v) is 8.42. The SMILES string of the molecule is CC(CO)CSc1ncccc1N. The Hall–Kier alpha value is -0.740. The van der Waals surface area contributed by atoms with Crippen molar-refractivity contribution in [2.24, 2.45) is 5.92 Å². The maximum Gasteiger partial charge on any atom is 0.119 e. The van der Waals surface area contributed by atoms with Crippen LogP contribution in [-0.4, -0.2) is 22.5 Å². The van der Waals surface area contributed by atoms with Gasteiger partial charge in [0.25, 0.3) is 0 Å². The van der Waals surface area contributed by atoms with Gasteiger partial charge in [-0.05, 0) is 18.1 Å². The highest BCUT2D eigenvalue weighted by atomic mass is 32.2. The molecule has 1 rings (SSSR count). The van der Waals surface area contributed by atoms with Gasteiger partial charge in [0.1, 0.15) is 5.03 Å². The lowest BCUT2D eigenvalue weighted by Gasteiger charge is -2.07. The fraction of sp³-hybridized carbons (Fsp3) is 0.444. The van der Waals surface area contributed by atoms with Gasteiger partial charge in [-0.25, -0.2) is 4.98 Å². The number of rotatable bonds is 4. The highest BCUT2D eigenvalue weighted by molar-refractivity contribution is 7.99. The molecule has 4 heteroatoms. The van der Waals surface area contributed by atoms with E-state index in [9.17, 15) is 0 Å². The summed E-state index contributed by atoms with van der Waals surface area (Å²) in [6.07, 6.45) is 1.72. The summed E-state index contributed by atoms with van der Waals surface area (Å²) < 4.78 is 0. The van der Waals surface area contributed by atoms with E-state index < -0.39 is 0 Å². The van der Waals surface area contributed by atoms with Crippen LogP contribution in [0, 0.1) is 5.92 Å². The molecule has 0 saturated carbocycles. The van der Waals surface area contributed by atoms with Crippen LogP contribution in [0.15, 0.2) is 23.4 Å². The topological polar surface area (TPSA) is 59.1 Å². The van der Waals surface area contributed by atoms with Crippen LogP contribution in [0.5, 0.6) is 0 Å². The molecular formula is C9H14N2OS. The largest absolute Gasteiger partial charge is 0.397 e. The van der Waals surface area contributed by atoms with Gasteiger partial charge in [0.05, 0.1) is 5.69 Å². The number of aromatic nitrogens is 1. The molecule has 1 aromatic rings. The molecular weight excluding hydrogens is 184 g/mol. The summed E-state index contributed by atoms with van der Waals surface area (Å²) >= 11 is 1.58. The number of aliphatic hydroxyl groups excluding tert-OH is 1. The molecule has 0 aliphatic heterocycles. The first-order valence-corrected chi connectivity index (χ1v) is 5.16. The summed E-state index contributed by atoms with van der Waals surface area (Å²) in [5.74, 6) is 1.13. The Balaban J connectivity index is 2.50. The molecule has 0 radical (unpaired) electrons. The number of nitrogens with zero attached hydrogens (tertiary/aromatic N) is 1. The van der Waals surface area contributed by atoms with Gasteiger partial charge in [0, 0.05) is 18.6 Å². The van der Waals surface area contributed by atoms with Crippen LogP contribution in [0.2, 0.25) is 0 Å². The third kappa shape index (κ3) is 3.24. The average Bonchev–Trinajstić information content (AvgIpc) is 2.16. The van der Waals surface area contributed by atoms with E-state index in [0.29, 0.717) is 5.69 Å². The number of anilines is 1. The van der Waals surface area contributed by atoms with Gasteiger partial charge in [-0.15, -0.1) is 11.8 Å². The lowest BCUT2D eigenvalue weighted by molar-refractivity contribution is 0.250. The third-order valence-electron chi connectivity index (χ3n) is 1.62. The molecule has 1 atom stereocenters. The maximum absolute atomic E-state index is 8.82. The fourth-order valence-electron chi connectivity index (χ4n) is 0.798. The zero-order valence-electron chi connectivity index (χ0n) is 7.60. The van der Waals surface area contributed by atoms with Crippen LogP contribution >= 0.6 is 11.8 Å². The Morgan fingerprint density at radius 2 is 2.46 bits per heavy atom. The summed E-state index contributed by atoms with van der Waals surface area (Å²) in [4.78, 5) is 4.14. The molecule has 1 aromatic heterocycles. The van der Waals surface area contributed by atoms with E-state index in [0.717, 1.165) is 10.8 Å². The Kier molecular flexibility index (Phi) is 4.05. The zero-order chi connectivity index (χ0) is 9.68. The van der Waals surface area contributed by atoms with Crippen LogP contribution in [0.1, 0.15) is 6.92 Å². The average molecular weight is 198 g/mol. The van der Waals surface area contributed by atoms with Crippen LogP contribution in [0.25, 0.3) is 0 Å². The monoisotopic (exact) mass is 198 g/mol. The predicted molar refractivity (Wildman–Crippen MR) is 55.6 cm³/mol. The summed E-state index contributed by atoms with van der Waals surface area (Å²) in [6, 6.07) is 3.65. The van der Waals surface area contributed by atoms with Crippen molar-refractivity contribution < 1.29 is 5.11 Å². The summed E-state index contributed by atoms with van der Waals surface area (Å²) in [7, 11) is 0. The molecule has 0 aliphatic carbocycles. The van der Waals surface area contributed by atoms with Crippen molar-refractivity contribution in [1.29, 1.82) is 0 Å². The van der Waals surface area contributed by atoms with Gasteiger partial charge in [-0.1, -0.05) is 6.92 Å². The van der Waals surface area contributed by atoms with E-state index in [1.807, 2.05) is 19.1 Å². The second kappa shape index (κ2) is 5.09. The van der Waals surface area contributed by atoms with E-state index in [1.54, 1.807) is 18.0 Å². The highest BCUT2D eigenvalue weighted by Crippen LogP contribution is 2.23. The predicted octanol–water partition coefficient (Wildman–Crippen LogP) is 1.38. The van der Waals surface area contributed by atoms with Crippen molar-refractivity contribution in [2.45, 2.75) is 11.9 Å². The van der Waals surface area contributed by atoms with Gasteiger partial charge < -0.3 is 10.8 Å². The highest BCUT2D eigenvalue weighted by Gasteiger charge is 2.04. The molecule has 72 valence electrons. The van der Waals surface area contributed by atoms with E-state index in [1.165, 1.54) is 0 Å². The Bertz CT molecular complexity index is 268. The summed E-state index contributed by atoms with van der Waals surface area (Å²) in [5, 5.41) is 9.67. The second-order valence-electron chi connectivity index (χ2n) is 3.00. The van der Waals surface area contributed by atoms with Gasteiger partial charge in [-0.2, -0.15) is 0 Å². The molecule has 0 saturated heterocycles. The summed E-state index contributed by atoms with van der Waals surface area (Å²) in [6.45, 7) is 2.20. The first-order chi connectivity index (χ1) is 6.24. The normalized spacial score (nSPS) is 12.8. The molecule has 0 amide bonds. The number of aliphatic hydroxyl groups is 1. The van der Waals surface area contributed by atoms with Crippen molar-refractivity contribution >= 4 is 17.4 Å². The van der Waals surface area contributed by atoms with E-state index >= 15 is 0 Å². The molecule has 0 aliphatic rings. The van der Waals surface area contributed by atoms with Gasteiger partial charge in [0.2, 0.25) is 0 Å². The fourth-order valence-corrected chi connectivity index (χ4v) is 1.72. The quantitative estimate of drug-likeness (QED) is 0.718. The molecule has 0 bridgehead atoms. The van der Waals surface area contributed by atoms with Crippen molar-refractivity contribution in [1.82, 2.24) is 4.98 Å². The molecule has 1 unspecified atom stereocenters. The van der Waals surface area contributed by atoms with Gasteiger partial charge in [0.15, 0.2) is 0 Å². The van der Waals surface area contributed by atoms with Crippen molar-refractivity contribution in [3.8, 4) is 0 Å². The van der Waals surface area contributed by atoms with Gasteiger partial charge in [-0.3, -0.25) is 0 Å². The minimum absolute atomic E-state index is 0.208. The molecule has 3 N–H and O–H groups in total. The molecule has 0 spiro atoms. The maximum atomic E-state index is 8.82. The summed E-state index contributed by atoms with van der Waals surface area (Å²) in [5.41, 5.74) is 6.41. The van der Waals surface area contributed by atoms with Crippen molar-refractivity contribution in [2.75, 3.05) is 18.1 Å². The minimum atomic E-state index is 0.208. The van der Waals surface area contributed by atoms with Crippen molar-refractivity contribution in [3.05, 3.63) is 18.3 Å². The number of thioether (sulfide) groups is 1. The lowest BCUT2D eigenvalue weighted by Crippen LogP contribution is -2.04. The third-order valence-corrected chi connectivity index (χ3v) is 2.97. The molecule has 1 heterocycles. The number of hydrogen-bond donors (Lipinski definition) is 2. The van der Waals surface area contributed by atoms with Crippen LogP contribution in [0.3, 0.4) is 0 Å². The molecule has 3 nitrogen and oxygen atoms in total. The number of hydrogen-bond acceptors (Lipinski definition) is 4. The first-order valence-electron chi connectivity index (χ1n) is 4.18. The first kappa shape index (κ1) is 10.3. The molecule has 0 fully saturated rings. The van der Waals surface area contributed by atoms with E-state index in [2.05, 4.69) is 4.98 Å². The molecule has 13 heavy (non-hydrogen) atoms. The van der Waals surface area contributed by atoms with Crippen LogP contribution in [-0.2, 0) is 0 Å². The Morgan fingerprint density at radius 3 is 3.08 bits per heavy atom. The van der Waals surface area contributed by atoms with Gasteiger partial charge >= 0.3 is 0 Å². The second-order valence-corrected chi connectivity index (χ2v) is 4.01. The minimum Gasteiger partial charge on any atom is -0.397 e. The Labute approximate surface area is 82.4 Å². The smallest absolute Gasteiger partial charge is 0.119 e. The van der Waals surface area contributed by atoms with E-state index in [4.69, 9.17) is 10.8 Å². The number of nitrogens with two attached hydrogens (primary N) is 1. The van der Waals surface area contributed by atoms with E-state index in [-0.39, 0.29) is 12.5 Å².